The standard InChI is InChI=1S/C13H26N2.ClH/c1-2-4-12-5-3-10-15(11-12)13-6-8-14-9-7-13;/h12-14H,2-11H2,1H3;1H/t12-;/m1./s1. The van der Waals surface area contributed by atoms with Crippen LogP contribution < -0.4 is 5.32 Å². The Balaban J connectivity index is 0.00000128. The minimum absolute atomic E-state index is 0. The molecule has 0 bridgehead atoms. The molecule has 0 unspecified atom stereocenters. The summed E-state index contributed by atoms with van der Waals surface area (Å²) in [5.41, 5.74) is 0. The van der Waals surface area contributed by atoms with Crippen LogP contribution in [0.25, 0.3) is 0 Å². The first kappa shape index (κ1) is 14.3. The lowest BCUT2D eigenvalue weighted by atomic mass is 9.91. The van der Waals surface area contributed by atoms with E-state index in [-0.39, 0.29) is 12.4 Å². The molecule has 16 heavy (non-hydrogen) atoms. The fourth-order valence-electron chi connectivity index (χ4n) is 3.24. The van der Waals surface area contributed by atoms with Crippen LogP contribution in [0.2, 0.25) is 0 Å². The number of hydrogen-bond donors (Lipinski definition) is 1. The van der Waals surface area contributed by atoms with Crippen LogP contribution in [-0.4, -0.2) is 37.1 Å². The predicted molar refractivity (Wildman–Crippen MR) is 72.3 cm³/mol. The molecule has 96 valence electrons. The second-order valence-electron chi connectivity index (χ2n) is 5.27. The smallest absolute Gasteiger partial charge is 0.0119 e. The first-order valence-corrected chi connectivity index (χ1v) is 6.85. The lowest BCUT2D eigenvalue weighted by Crippen LogP contribution is -2.47. The summed E-state index contributed by atoms with van der Waals surface area (Å²) >= 11 is 0. The highest BCUT2D eigenvalue weighted by molar-refractivity contribution is 5.85. The third kappa shape index (κ3) is 3.90. The van der Waals surface area contributed by atoms with E-state index in [1.165, 1.54) is 64.7 Å². The van der Waals surface area contributed by atoms with Gasteiger partial charge >= 0.3 is 0 Å². The molecule has 0 radical (unpaired) electrons. The summed E-state index contributed by atoms with van der Waals surface area (Å²) in [6.07, 6.45) is 8.48. The molecule has 1 atom stereocenters. The molecule has 2 saturated heterocycles. The average Bonchev–Trinajstić information content (AvgIpc) is 2.31. The van der Waals surface area contributed by atoms with E-state index in [0.717, 1.165) is 12.0 Å². The normalized spacial score (nSPS) is 28.7. The van der Waals surface area contributed by atoms with Gasteiger partial charge in [-0.25, -0.2) is 0 Å². The van der Waals surface area contributed by atoms with Gasteiger partial charge in [0.1, 0.15) is 0 Å². The fourth-order valence-corrected chi connectivity index (χ4v) is 3.24. The van der Waals surface area contributed by atoms with E-state index < -0.39 is 0 Å². The van der Waals surface area contributed by atoms with Gasteiger partial charge in [-0.3, -0.25) is 0 Å². The monoisotopic (exact) mass is 246 g/mol. The number of piperidine rings is 2. The number of nitrogens with one attached hydrogen (secondary N) is 1. The summed E-state index contributed by atoms with van der Waals surface area (Å²) in [6, 6.07) is 0.894. The van der Waals surface area contributed by atoms with Crippen molar-refractivity contribution in [3.8, 4) is 0 Å². The summed E-state index contributed by atoms with van der Waals surface area (Å²) < 4.78 is 0. The molecule has 0 aromatic heterocycles. The summed E-state index contributed by atoms with van der Waals surface area (Å²) in [5, 5.41) is 3.46. The number of nitrogens with zero attached hydrogens (tertiary/aromatic N) is 1. The van der Waals surface area contributed by atoms with Crippen LogP contribution >= 0.6 is 12.4 Å². The van der Waals surface area contributed by atoms with E-state index in [1.54, 1.807) is 0 Å². The molecule has 2 aliphatic rings. The zero-order valence-electron chi connectivity index (χ0n) is 10.6. The fraction of sp³-hybridized carbons (Fsp3) is 1.00. The number of halogens is 1. The van der Waals surface area contributed by atoms with E-state index in [9.17, 15) is 0 Å². The predicted octanol–water partition coefficient (Wildman–Crippen LogP) is 2.67. The first-order valence-electron chi connectivity index (χ1n) is 6.85. The molecule has 3 heteroatoms. The molecule has 1 N–H and O–H groups in total. The van der Waals surface area contributed by atoms with E-state index in [2.05, 4.69) is 17.1 Å². The maximum absolute atomic E-state index is 3.46. The summed E-state index contributed by atoms with van der Waals surface area (Å²) in [4.78, 5) is 2.78. The lowest BCUT2D eigenvalue weighted by molar-refractivity contribution is 0.0991. The van der Waals surface area contributed by atoms with Crippen molar-refractivity contribution < 1.29 is 0 Å². The second-order valence-corrected chi connectivity index (χ2v) is 5.27. The molecule has 0 aromatic carbocycles. The Morgan fingerprint density at radius 2 is 1.94 bits per heavy atom. The third-order valence-electron chi connectivity index (χ3n) is 4.07. The molecule has 2 nitrogen and oxygen atoms in total. The molecule has 2 rings (SSSR count). The maximum atomic E-state index is 3.46. The largest absolute Gasteiger partial charge is 0.317 e. The Morgan fingerprint density at radius 1 is 1.19 bits per heavy atom. The van der Waals surface area contributed by atoms with E-state index >= 15 is 0 Å². The SMILES string of the molecule is CCC[C@@H]1CCCN(C2CCNCC2)C1.Cl. The highest BCUT2D eigenvalue weighted by Crippen LogP contribution is 2.24. The number of rotatable bonds is 3. The first-order chi connectivity index (χ1) is 7.40. The zero-order chi connectivity index (χ0) is 10.5. The van der Waals surface area contributed by atoms with Crippen molar-refractivity contribution in [2.24, 2.45) is 5.92 Å². The Morgan fingerprint density at radius 3 is 2.62 bits per heavy atom. The molecule has 2 aliphatic heterocycles. The van der Waals surface area contributed by atoms with Crippen LogP contribution in [0.5, 0.6) is 0 Å². The van der Waals surface area contributed by atoms with Crippen molar-refractivity contribution in [3.05, 3.63) is 0 Å². The van der Waals surface area contributed by atoms with Crippen molar-refractivity contribution in [2.75, 3.05) is 26.2 Å². The molecular formula is C13H27ClN2. The third-order valence-corrected chi connectivity index (χ3v) is 4.07. The van der Waals surface area contributed by atoms with Crippen LogP contribution in [-0.2, 0) is 0 Å². The molecule has 2 fully saturated rings. The van der Waals surface area contributed by atoms with Crippen LogP contribution in [0.15, 0.2) is 0 Å². The van der Waals surface area contributed by atoms with Crippen molar-refractivity contribution in [1.29, 1.82) is 0 Å². The Bertz CT molecular complexity index is 179. The van der Waals surface area contributed by atoms with Crippen molar-refractivity contribution >= 4 is 12.4 Å². The number of hydrogen-bond acceptors (Lipinski definition) is 2. The van der Waals surface area contributed by atoms with Gasteiger partial charge in [0.15, 0.2) is 0 Å². The van der Waals surface area contributed by atoms with Crippen LogP contribution in [0, 0.1) is 5.92 Å². The van der Waals surface area contributed by atoms with E-state index in [0.29, 0.717) is 0 Å². The minimum Gasteiger partial charge on any atom is -0.317 e. The van der Waals surface area contributed by atoms with Gasteiger partial charge in [-0.05, 0) is 57.7 Å². The van der Waals surface area contributed by atoms with E-state index in [1.807, 2.05) is 0 Å². The summed E-state index contributed by atoms with van der Waals surface area (Å²) in [6.45, 7) is 7.55. The minimum atomic E-state index is 0. The number of likely N-dealkylation sites (tertiary alicyclic amines) is 1. The molecular weight excluding hydrogens is 220 g/mol. The molecule has 2 heterocycles. The highest BCUT2D eigenvalue weighted by Gasteiger charge is 2.26. The van der Waals surface area contributed by atoms with Gasteiger partial charge in [0.2, 0.25) is 0 Å². The van der Waals surface area contributed by atoms with Crippen LogP contribution in [0.4, 0.5) is 0 Å². The van der Waals surface area contributed by atoms with Crippen molar-refractivity contribution in [1.82, 2.24) is 10.2 Å². The average molecular weight is 247 g/mol. The van der Waals surface area contributed by atoms with Gasteiger partial charge in [0, 0.05) is 12.6 Å². The van der Waals surface area contributed by atoms with Crippen molar-refractivity contribution in [3.63, 3.8) is 0 Å². The van der Waals surface area contributed by atoms with Gasteiger partial charge in [0.25, 0.3) is 0 Å². The molecule has 0 aliphatic carbocycles. The Labute approximate surface area is 107 Å². The van der Waals surface area contributed by atoms with Gasteiger partial charge in [-0.2, -0.15) is 0 Å². The van der Waals surface area contributed by atoms with E-state index in [4.69, 9.17) is 0 Å². The van der Waals surface area contributed by atoms with Gasteiger partial charge < -0.3 is 10.2 Å². The quantitative estimate of drug-likeness (QED) is 0.824. The molecule has 0 spiro atoms. The maximum Gasteiger partial charge on any atom is 0.0119 e. The summed E-state index contributed by atoms with van der Waals surface area (Å²) in [7, 11) is 0. The van der Waals surface area contributed by atoms with Crippen LogP contribution in [0.3, 0.4) is 0 Å². The molecule has 0 amide bonds. The summed E-state index contributed by atoms with van der Waals surface area (Å²) in [5.74, 6) is 0.999. The van der Waals surface area contributed by atoms with Gasteiger partial charge in [-0.1, -0.05) is 13.3 Å². The zero-order valence-corrected chi connectivity index (χ0v) is 11.4. The second kappa shape index (κ2) is 7.52. The highest BCUT2D eigenvalue weighted by atomic mass is 35.5. The van der Waals surface area contributed by atoms with Gasteiger partial charge in [0.05, 0.1) is 0 Å². The molecule has 0 aromatic rings. The van der Waals surface area contributed by atoms with Gasteiger partial charge in [-0.15, -0.1) is 12.4 Å². The Kier molecular flexibility index (Phi) is 6.71. The molecule has 0 saturated carbocycles. The topological polar surface area (TPSA) is 15.3 Å². The van der Waals surface area contributed by atoms with Crippen molar-refractivity contribution in [2.45, 2.75) is 51.5 Å². The Hall–Kier alpha value is 0.210. The lowest BCUT2D eigenvalue weighted by Gasteiger charge is -2.40. The van der Waals surface area contributed by atoms with Crippen LogP contribution in [0.1, 0.15) is 45.4 Å².